The molecule has 0 unspecified atom stereocenters. The highest BCUT2D eigenvalue weighted by Gasteiger charge is 2.17. The van der Waals surface area contributed by atoms with Crippen molar-refractivity contribution in [1.29, 1.82) is 0 Å². The van der Waals surface area contributed by atoms with Gasteiger partial charge in [-0.1, -0.05) is 19.0 Å². The van der Waals surface area contributed by atoms with Gasteiger partial charge >= 0.3 is 0 Å². The van der Waals surface area contributed by atoms with Gasteiger partial charge in [-0.2, -0.15) is 4.98 Å². The van der Waals surface area contributed by atoms with Crippen LogP contribution in [0.5, 0.6) is 5.75 Å². The first-order valence-electron chi connectivity index (χ1n) is 11.0. The van der Waals surface area contributed by atoms with Crippen LogP contribution in [-0.4, -0.2) is 57.1 Å². The lowest BCUT2D eigenvalue weighted by Gasteiger charge is -2.17. The van der Waals surface area contributed by atoms with Gasteiger partial charge in [-0.25, -0.2) is 0 Å². The summed E-state index contributed by atoms with van der Waals surface area (Å²) in [5, 5.41) is 25.4. The lowest BCUT2D eigenvalue weighted by molar-refractivity contribution is -0.124. The molecule has 0 saturated carbocycles. The van der Waals surface area contributed by atoms with Crippen LogP contribution in [0.3, 0.4) is 0 Å². The van der Waals surface area contributed by atoms with Gasteiger partial charge in [0, 0.05) is 29.1 Å². The van der Waals surface area contributed by atoms with Crippen LogP contribution in [0.4, 0.5) is 0 Å². The summed E-state index contributed by atoms with van der Waals surface area (Å²) >= 11 is 0. The molecule has 33 heavy (non-hydrogen) atoms. The number of nitrogens with zero attached hydrogens (tertiary/aromatic N) is 3. The molecule has 3 aromatic rings. The minimum absolute atomic E-state index is 0.00214. The standard InChI is InChI=1S/C24H30N4O5/c1-5-16-9-17(7-14(3)22(16)32-13-20(30)11-25-21(31)12-29)23-27-24(33-28-23)18-8-15(4)26-19(6-2)10-18/h7-10,20,29-30H,5-6,11-13H2,1-4H3,(H,25,31)/t20-/m0/s1. The molecule has 1 atom stereocenters. The summed E-state index contributed by atoms with van der Waals surface area (Å²) in [6.07, 6.45) is 0.620. The molecule has 0 fully saturated rings. The van der Waals surface area contributed by atoms with Gasteiger partial charge in [0.1, 0.15) is 25.1 Å². The molecule has 0 aliphatic carbocycles. The summed E-state index contributed by atoms with van der Waals surface area (Å²) in [6, 6.07) is 7.74. The Labute approximate surface area is 192 Å². The number of aliphatic hydroxyl groups excluding tert-OH is 2. The fourth-order valence-electron chi connectivity index (χ4n) is 3.47. The number of nitrogens with one attached hydrogen (secondary N) is 1. The van der Waals surface area contributed by atoms with Crippen LogP contribution in [0.1, 0.15) is 36.4 Å². The van der Waals surface area contributed by atoms with Gasteiger partial charge in [0.05, 0.1) is 0 Å². The molecule has 176 valence electrons. The molecule has 0 spiro atoms. The van der Waals surface area contributed by atoms with Crippen molar-refractivity contribution in [2.45, 2.75) is 46.6 Å². The Morgan fingerprint density at radius 3 is 2.61 bits per heavy atom. The molecule has 3 N–H and O–H groups in total. The molecule has 3 rings (SSSR count). The van der Waals surface area contributed by atoms with Crippen molar-refractivity contribution in [2.24, 2.45) is 0 Å². The van der Waals surface area contributed by atoms with Crippen LogP contribution in [0.15, 0.2) is 28.8 Å². The van der Waals surface area contributed by atoms with Gasteiger partial charge in [-0.05, 0) is 62.1 Å². The van der Waals surface area contributed by atoms with Crippen LogP contribution in [0.25, 0.3) is 22.8 Å². The summed E-state index contributed by atoms with van der Waals surface area (Å²) in [5.41, 5.74) is 5.32. The predicted octanol–water partition coefficient (Wildman–Crippen LogP) is 2.39. The first-order valence-corrected chi connectivity index (χ1v) is 11.0. The average Bonchev–Trinajstić information content (AvgIpc) is 3.31. The maximum Gasteiger partial charge on any atom is 0.258 e. The van der Waals surface area contributed by atoms with Gasteiger partial charge in [0.2, 0.25) is 11.7 Å². The maximum absolute atomic E-state index is 11.1. The maximum atomic E-state index is 11.1. The molecule has 2 heterocycles. The van der Waals surface area contributed by atoms with E-state index in [0.717, 1.165) is 40.1 Å². The van der Waals surface area contributed by atoms with Gasteiger partial charge in [-0.15, -0.1) is 0 Å². The lowest BCUT2D eigenvalue weighted by atomic mass is 10.0. The highest BCUT2D eigenvalue weighted by Crippen LogP contribution is 2.31. The number of carbonyl (C=O) groups excluding carboxylic acids is 1. The van der Waals surface area contributed by atoms with E-state index in [1.54, 1.807) is 0 Å². The Morgan fingerprint density at radius 1 is 1.12 bits per heavy atom. The van der Waals surface area contributed by atoms with E-state index in [2.05, 4.69) is 20.4 Å². The normalized spacial score (nSPS) is 11.9. The van der Waals surface area contributed by atoms with Crippen molar-refractivity contribution < 1.29 is 24.3 Å². The van der Waals surface area contributed by atoms with E-state index in [4.69, 9.17) is 14.4 Å². The van der Waals surface area contributed by atoms with Crippen molar-refractivity contribution in [3.05, 3.63) is 46.8 Å². The summed E-state index contributed by atoms with van der Waals surface area (Å²) in [7, 11) is 0. The van der Waals surface area contributed by atoms with Crippen molar-refractivity contribution in [2.75, 3.05) is 19.8 Å². The van der Waals surface area contributed by atoms with Crippen LogP contribution in [0.2, 0.25) is 0 Å². The minimum atomic E-state index is -0.902. The highest BCUT2D eigenvalue weighted by atomic mass is 16.5. The topological polar surface area (TPSA) is 131 Å². The van der Waals surface area contributed by atoms with E-state index in [-0.39, 0.29) is 13.2 Å². The molecular formula is C24H30N4O5. The number of aryl methyl sites for hydroxylation is 4. The summed E-state index contributed by atoms with van der Waals surface area (Å²) < 4.78 is 11.4. The number of amides is 1. The monoisotopic (exact) mass is 454 g/mol. The Morgan fingerprint density at radius 2 is 1.91 bits per heavy atom. The summed E-state index contributed by atoms with van der Waals surface area (Å²) in [6.45, 7) is 7.30. The van der Waals surface area contributed by atoms with Gasteiger partial charge in [0.15, 0.2) is 0 Å². The van der Waals surface area contributed by atoms with Gasteiger partial charge < -0.3 is 24.8 Å². The van der Waals surface area contributed by atoms with Gasteiger partial charge in [-0.3, -0.25) is 9.78 Å². The Hall–Kier alpha value is -3.30. The van der Waals surface area contributed by atoms with Crippen molar-refractivity contribution in [3.63, 3.8) is 0 Å². The van der Waals surface area contributed by atoms with Crippen molar-refractivity contribution in [3.8, 4) is 28.6 Å². The van der Waals surface area contributed by atoms with E-state index >= 15 is 0 Å². The highest BCUT2D eigenvalue weighted by molar-refractivity contribution is 5.76. The molecule has 1 aromatic carbocycles. The fourth-order valence-corrected chi connectivity index (χ4v) is 3.47. The van der Waals surface area contributed by atoms with Gasteiger partial charge in [0.25, 0.3) is 5.89 Å². The molecule has 1 amide bonds. The second kappa shape index (κ2) is 11.0. The fraction of sp³-hybridized carbons (Fsp3) is 0.417. The van der Waals surface area contributed by atoms with E-state index in [1.165, 1.54) is 0 Å². The van der Waals surface area contributed by atoms with E-state index < -0.39 is 18.6 Å². The largest absolute Gasteiger partial charge is 0.490 e. The number of pyridine rings is 1. The molecule has 0 aliphatic rings. The first kappa shape index (κ1) is 24.3. The molecule has 0 radical (unpaired) electrons. The quantitative estimate of drug-likeness (QED) is 0.426. The Balaban J connectivity index is 1.79. The molecule has 9 nitrogen and oxygen atoms in total. The second-order valence-electron chi connectivity index (χ2n) is 7.83. The van der Waals surface area contributed by atoms with E-state index in [9.17, 15) is 9.90 Å². The third kappa shape index (κ3) is 6.15. The third-order valence-electron chi connectivity index (χ3n) is 5.13. The minimum Gasteiger partial charge on any atom is -0.490 e. The molecule has 0 aliphatic heterocycles. The SMILES string of the molecule is CCc1cc(-c2nc(-c3cc(C)c(OC[C@@H](O)CNC(=O)CO)c(CC)c3)no2)cc(C)n1. The number of aromatic nitrogens is 3. The van der Waals surface area contributed by atoms with E-state index in [1.807, 2.05) is 52.0 Å². The van der Waals surface area contributed by atoms with Crippen LogP contribution >= 0.6 is 0 Å². The third-order valence-corrected chi connectivity index (χ3v) is 5.13. The molecule has 2 aromatic heterocycles. The first-order chi connectivity index (χ1) is 15.8. The Kier molecular flexibility index (Phi) is 8.13. The number of hydrogen-bond acceptors (Lipinski definition) is 8. The molecular weight excluding hydrogens is 424 g/mol. The molecule has 9 heteroatoms. The smallest absolute Gasteiger partial charge is 0.258 e. The zero-order valence-electron chi connectivity index (χ0n) is 19.4. The predicted molar refractivity (Wildman–Crippen MR) is 123 cm³/mol. The number of benzene rings is 1. The molecule has 0 saturated heterocycles. The van der Waals surface area contributed by atoms with Crippen LogP contribution in [-0.2, 0) is 17.6 Å². The number of carbonyl (C=O) groups is 1. The number of hydrogen-bond donors (Lipinski definition) is 3. The summed E-state index contributed by atoms with van der Waals surface area (Å²) in [4.78, 5) is 20.2. The Bertz CT molecular complexity index is 1110. The van der Waals surface area contributed by atoms with Crippen molar-refractivity contribution in [1.82, 2.24) is 20.4 Å². The zero-order valence-corrected chi connectivity index (χ0v) is 19.4. The lowest BCUT2D eigenvalue weighted by Crippen LogP contribution is -2.36. The van der Waals surface area contributed by atoms with Crippen molar-refractivity contribution >= 4 is 5.91 Å². The molecule has 0 bridgehead atoms. The zero-order chi connectivity index (χ0) is 24.0. The van der Waals surface area contributed by atoms with Crippen LogP contribution in [0, 0.1) is 13.8 Å². The second-order valence-corrected chi connectivity index (χ2v) is 7.83. The van der Waals surface area contributed by atoms with E-state index in [0.29, 0.717) is 23.9 Å². The summed E-state index contributed by atoms with van der Waals surface area (Å²) in [5.74, 6) is 1.05. The number of aliphatic hydroxyl groups is 2. The van der Waals surface area contributed by atoms with Crippen LogP contribution < -0.4 is 10.1 Å². The average molecular weight is 455 g/mol. The number of ether oxygens (including phenoxy) is 1. The number of rotatable bonds is 10.